The van der Waals surface area contributed by atoms with Gasteiger partial charge in [-0.05, 0) is 18.8 Å². The lowest BCUT2D eigenvalue weighted by Gasteiger charge is -2.30. The number of ether oxygens (including phenoxy) is 1. The maximum Gasteiger partial charge on any atom is 0.307 e. The molecule has 1 fully saturated rings. The summed E-state index contributed by atoms with van der Waals surface area (Å²) in [5.41, 5.74) is 2.62. The first-order chi connectivity index (χ1) is 10.6. The number of amides is 2. The van der Waals surface area contributed by atoms with Gasteiger partial charge in [0.15, 0.2) is 0 Å². The van der Waals surface area contributed by atoms with Crippen LogP contribution in [0.1, 0.15) is 51.4 Å². The third-order valence-corrected chi connectivity index (χ3v) is 4.32. The van der Waals surface area contributed by atoms with Crippen LogP contribution in [0.15, 0.2) is 5.10 Å². The van der Waals surface area contributed by atoms with Crippen LogP contribution >= 0.6 is 0 Å². The number of esters is 1. The van der Waals surface area contributed by atoms with Crippen molar-refractivity contribution in [2.45, 2.75) is 57.4 Å². The number of rotatable bonds is 5. The number of nitrogens with one attached hydrogen (secondary N) is 2. The van der Waals surface area contributed by atoms with Crippen molar-refractivity contribution in [1.29, 1.82) is 0 Å². The predicted molar refractivity (Wildman–Crippen MR) is 80.0 cm³/mol. The zero-order valence-corrected chi connectivity index (χ0v) is 12.9. The highest BCUT2D eigenvalue weighted by Gasteiger charge is 2.29. The van der Waals surface area contributed by atoms with Gasteiger partial charge in [-0.1, -0.05) is 19.3 Å². The van der Waals surface area contributed by atoms with Crippen LogP contribution in [-0.4, -0.2) is 36.6 Å². The molecular weight excluding hydrogens is 286 g/mol. The van der Waals surface area contributed by atoms with E-state index in [1.165, 1.54) is 13.5 Å². The summed E-state index contributed by atoms with van der Waals surface area (Å²) in [4.78, 5) is 35.0. The first-order valence-electron chi connectivity index (χ1n) is 7.83. The number of hydrogen-bond acceptors (Lipinski definition) is 5. The van der Waals surface area contributed by atoms with Gasteiger partial charge in [-0.3, -0.25) is 14.4 Å². The van der Waals surface area contributed by atoms with Crippen molar-refractivity contribution in [2.24, 2.45) is 11.0 Å². The summed E-state index contributed by atoms with van der Waals surface area (Å²) in [5, 5.41) is 6.71. The largest absolute Gasteiger partial charge is 0.469 e. The van der Waals surface area contributed by atoms with E-state index in [4.69, 9.17) is 4.74 Å². The molecule has 1 aliphatic heterocycles. The van der Waals surface area contributed by atoms with Crippen LogP contribution in [0.3, 0.4) is 0 Å². The minimum Gasteiger partial charge on any atom is -0.469 e. The second-order valence-corrected chi connectivity index (χ2v) is 5.85. The highest BCUT2D eigenvalue weighted by atomic mass is 16.5. The van der Waals surface area contributed by atoms with E-state index in [1.807, 2.05) is 0 Å². The number of methoxy groups -OCH3 is 1. The lowest BCUT2D eigenvalue weighted by Crippen LogP contribution is -2.46. The van der Waals surface area contributed by atoms with Crippen molar-refractivity contribution >= 4 is 23.5 Å². The van der Waals surface area contributed by atoms with Crippen molar-refractivity contribution < 1.29 is 19.1 Å². The van der Waals surface area contributed by atoms with E-state index < -0.39 is 0 Å². The molecule has 0 aromatic heterocycles. The third-order valence-electron chi connectivity index (χ3n) is 4.32. The minimum absolute atomic E-state index is 0.173. The Morgan fingerprint density at radius 1 is 1.32 bits per heavy atom. The van der Waals surface area contributed by atoms with Crippen molar-refractivity contribution in [1.82, 2.24) is 10.7 Å². The second-order valence-electron chi connectivity index (χ2n) is 5.85. The van der Waals surface area contributed by atoms with Gasteiger partial charge in [-0.15, -0.1) is 0 Å². The van der Waals surface area contributed by atoms with Gasteiger partial charge in [0.1, 0.15) is 5.71 Å². The maximum atomic E-state index is 12.3. The molecule has 0 spiro atoms. The number of carbonyl (C=O) groups is 3. The molecule has 0 aromatic rings. The Bertz CT molecular complexity index is 469. The first kappa shape index (κ1) is 16.5. The molecule has 2 rings (SSSR count). The predicted octanol–water partition coefficient (Wildman–Crippen LogP) is 0.881. The summed E-state index contributed by atoms with van der Waals surface area (Å²) in [5.74, 6) is -0.528. The van der Waals surface area contributed by atoms with Gasteiger partial charge >= 0.3 is 5.97 Å². The Morgan fingerprint density at radius 3 is 2.64 bits per heavy atom. The quantitative estimate of drug-likeness (QED) is 0.737. The minimum atomic E-state index is -0.324. The Balaban J connectivity index is 1.99. The summed E-state index contributed by atoms with van der Waals surface area (Å²) < 4.78 is 4.74. The number of carbonyl (C=O) groups excluding carboxylic acids is 3. The molecule has 1 heterocycles. The van der Waals surface area contributed by atoms with Gasteiger partial charge in [0.2, 0.25) is 5.91 Å². The molecule has 1 atom stereocenters. The standard InChI is InChI=1S/C15H23N3O4/c1-22-14(20)9-12(10-5-3-2-4-6-10)16-15(21)11-7-8-13(19)18-17-11/h10,12H,2-9H2,1H3,(H,16,21)(H,18,19). The fourth-order valence-corrected chi connectivity index (χ4v) is 3.02. The summed E-state index contributed by atoms with van der Waals surface area (Å²) in [6, 6.07) is -0.236. The molecule has 1 unspecified atom stereocenters. The fourth-order valence-electron chi connectivity index (χ4n) is 3.02. The van der Waals surface area contributed by atoms with E-state index in [0.717, 1.165) is 25.7 Å². The molecule has 2 aliphatic rings. The molecule has 0 aromatic carbocycles. The highest BCUT2D eigenvalue weighted by Crippen LogP contribution is 2.28. The molecular formula is C15H23N3O4. The molecule has 0 radical (unpaired) electrons. The van der Waals surface area contributed by atoms with E-state index in [9.17, 15) is 14.4 Å². The van der Waals surface area contributed by atoms with Gasteiger partial charge < -0.3 is 10.1 Å². The van der Waals surface area contributed by atoms with Crippen molar-refractivity contribution in [3.63, 3.8) is 0 Å². The Kier molecular flexibility index (Phi) is 5.91. The molecule has 22 heavy (non-hydrogen) atoms. The molecule has 7 nitrogen and oxygen atoms in total. The molecule has 0 bridgehead atoms. The topological polar surface area (TPSA) is 96.9 Å². The zero-order valence-electron chi connectivity index (χ0n) is 12.9. The lowest BCUT2D eigenvalue weighted by molar-refractivity contribution is -0.141. The van der Waals surface area contributed by atoms with Gasteiger partial charge in [0, 0.05) is 18.9 Å². The number of hydrazone groups is 1. The van der Waals surface area contributed by atoms with Crippen LogP contribution in [0.4, 0.5) is 0 Å². The average Bonchev–Trinajstić information content (AvgIpc) is 2.55. The van der Waals surface area contributed by atoms with Crippen molar-refractivity contribution in [3.8, 4) is 0 Å². The smallest absolute Gasteiger partial charge is 0.307 e. The van der Waals surface area contributed by atoms with E-state index >= 15 is 0 Å². The summed E-state index contributed by atoms with van der Waals surface area (Å²) in [7, 11) is 1.35. The van der Waals surface area contributed by atoms with Crippen LogP contribution in [-0.2, 0) is 19.1 Å². The summed E-state index contributed by atoms with van der Waals surface area (Å²) in [6.45, 7) is 0. The lowest BCUT2D eigenvalue weighted by atomic mass is 9.82. The molecule has 1 aliphatic carbocycles. The van der Waals surface area contributed by atoms with Gasteiger partial charge in [0.05, 0.1) is 13.5 Å². The summed E-state index contributed by atoms with van der Waals surface area (Å²) in [6.07, 6.45) is 6.21. The van der Waals surface area contributed by atoms with Gasteiger partial charge in [0.25, 0.3) is 5.91 Å². The number of hydrogen-bond donors (Lipinski definition) is 2. The van der Waals surface area contributed by atoms with Gasteiger partial charge in [-0.25, -0.2) is 5.43 Å². The normalized spacial score (nSPS) is 20.6. The van der Waals surface area contributed by atoms with Gasteiger partial charge in [-0.2, -0.15) is 5.10 Å². The van der Waals surface area contributed by atoms with Crippen molar-refractivity contribution in [3.05, 3.63) is 0 Å². The molecule has 2 N–H and O–H groups in total. The Morgan fingerprint density at radius 2 is 2.05 bits per heavy atom. The third kappa shape index (κ3) is 4.54. The summed E-state index contributed by atoms with van der Waals surface area (Å²) >= 11 is 0. The monoisotopic (exact) mass is 309 g/mol. The average molecular weight is 309 g/mol. The highest BCUT2D eigenvalue weighted by molar-refractivity contribution is 6.39. The Hall–Kier alpha value is -1.92. The SMILES string of the molecule is COC(=O)CC(NC(=O)C1=NNC(=O)CC1)C1CCCCC1. The van der Waals surface area contributed by atoms with Crippen LogP contribution in [0.5, 0.6) is 0 Å². The van der Waals surface area contributed by atoms with Crippen molar-refractivity contribution in [2.75, 3.05) is 7.11 Å². The van der Waals surface area contributed by atoms with E-state index in [1.54, 1.807) is 0 Å². The Labute approximate surface area is 129 Å². The maximum absolute atomic E-state index is 12.3. The van der Waals surface area contributed by atoms with E-state index in [0.29, 0.717) is 12.1 Å². The second kappa shape index (κ2) is 7.91. The molecule has 1 saturated carbocycles. The number of nitrogens with zero attached hydrogens (tertiary/aromatic N) is 1. The molecule has 122 valence electrons. The van der Waals surface area contributed by atoms with E-state index in [-0.39, 0.29) is 42.6 Å². The molecule has 0 saturated heterocycles. The molecule has 7 heteroatoms. The first-order valence-corrected chi connectivity index (χ1v) is 7.83. The zero-order chi connectivity index (χ0) is 15.9. The van der Waals surface area contributed by atoms with E-state index in [2.05, 4.69) is 15.8 Å². The van der Waals surface area contributed by atoms with Crippen LogP contribution in [0, 0.1) is 5.92 Å². The van der Waals surface area contributed by atoms with Crippen LogP contribution < -0.4 is 10.7 Å². The fraction of sp³-hybridized carbons (Fsp3) is 0.733. The van der Waals surface area contributed by atoms with Crippen LogP contribution in [0.2, 0.25) is 0 Å². The molecule has 2 amide bonds. The van der Waals surface area contributed by atoms with Crippen LogP contribution in [0.25, 0.3) is 0 Å².